The number of dihydropyridines is 1. The van der Waals surface area contributed by atoms with Crippen molar-refractivity contribution in [2.45, 2.75) is 44.4 Å². The summed E-state index contributed by atoms with van der Waals surface area (Å²) in [6.07, 6.45) is 4.05. The van der Waals surface area contributed by atoms with Gasteiger partial charge in [0.25, 0.3) is 5.91 Å². The third-order valence-corrected chi connectivity index (χ3v) is 6.55. The number of Topliss-reactive ketones (excluding diaryl/α,β-unsaturated/α-hetero) is 2. The number of rotatable bonds is 4. The number of carbonyl (C=O) groups excluding carboxylic acids is 3. The van der Waals surface area contributed by atoms with Gasteiger partial charge in [0.05, 0.1) is 4.47 Å². The van der Waals surface area contributed by atoms with Crippen LogP contribution in [0.3, 0.4) is 0 Å². The number of carbonyl (C=O) groups is 3. The van der Waals surface area contributed by atoms with Crippen LogP contribution in [0, 0.1) is 0 Å². The monoisotopic (exact) mass is 522 g/mol. The van der Waals surface area contributed by atoms with Crippen molar-refractivity contribution >= 4 is 49.3 Å². The summed E-state index contributed by atoms with van der Waals surface area (Å²) in [5, 5.41) is 3.40. The first-order valence-electron chi connectivity index (χ1n) is 9.56. The van der Waals surface area contributed by atoms with Gasteiger partial charge in [-0.05, 0) is 53.7 Å². The molecule has 1 aromatic rings. The maximum Gasteiger partial charge on any atom is 0.255 e. The van der Waals surface area contributed by atoms with Gasteiger partial charge < -0.3 is 15.8 Å². The number of halogens is 2. The van der Waals surface area contributed by atoms with Gasteiger partial charge in [-0.2, -0.15) is 0 Å². The molecule has 0 radical (unpaired) electrons. The van der Waals surface area contributed by atoms with Crippen molar-refractivity contribution in [3.8, 4) is 5.75 Å². The van der Waals surface area contributed by atoms with E-state index in [1.54, 1.807) is 6.07 Å². The van der Waals surface area contributed by atoms with Gasteiger partial charge in [0.1, 0.15) is 5.75 Å². The molecule has 2 aliphatic carbocycles. The van der Waals surface area contributed by atoms with Crippen LogP contribution < -0.4 is 15.8 Å². The molecule has 4 rings (SSSR count). The van der Waals surface area contributed by atoms with Crippen LogP contribution in [-0.2, 0) is 14.4 Å². The van der Waals surface area contributed by atoms with Crippen LogP contribution in [-0.4, -0.2) is 24.1 Å². The van der Waals surface area contributed by atoms with E-state index in [-0.39, 0.29) is 18.2 Å². The predicted molar refractivity (Wildman–Crippen MR) is 114 cm³/mol. The topological polar surface area (TPSA) is 98.5 Å². The fraction of sp³-hybridized carbons (Fsp3) is 0.381. The van der Waals surface area contributed by atoms with Gasteiger partial charge in [-0.15, -0.1) is 0 Å². The molecule has 0 aromatic heterocycles. The highest BCUT2D eigenvalue weighted by molar-refractivity contribution is 9.11. The second-order valence-electron chi connectivity index (χ2n) is 7.46. The third-order valence-electron chi connectivity index (χ3n) is 5.50. The molecular weight excluding hydrogens is 504 g/mol. The van der Waals surface area contributed by atoms with Crippen LogP contribution in [0.2, 0.25) is 0 Å². The highest BCUT2D eigenvalue weighted by Gasteiger charge is 2.41. The lowest BCUT2D eigenvalue weighted by Gasteiger charge is -2.37. The van der Waals surface area contributed by atoms with Crippen LogP contribution >= 0.6 is 31.9 Å². The molecule has 1 aromatic carbocycles. The Bertz CT molecular complexity index is 955. The van der Waals surface area contributed by atoms with Crippen molar-refractivity contribution in [1.82, 2.24) is 5.32 Å². The first-order chi connectivity index (χ1) is 13.9. The second-order valence-corrected chi connectivity index (χ2v) is 9.23. The van der Waals surface area contributed by atoms with E-state index < -0.39 is 11.8 Å². The lowest BCUT2D eigenvalue weighted by Crippen LogP contribution is -2.36. The fourth-order valence-electron chi connectivity index (χ4n) is 4.38. The standard InChI is InChI=1S/C21H20Br2N2O4/c22-10-7-11(21(12(23)8-10)29-9-17(24)28)18-19-13(3-1-5-15(19)26)25-14-4-2-6-16(27)20(14)18/h7-8,18,25H,1-6,9H2,(H2,24,28). The lowest BCUT2D eigenvalue weighted by atomic mass is 9.71. The molecule has 0 saturated heterocycles. The van der Waals surface area contributed by atoms with Crippen molar-refractivity contribution in [2.24, 2.45) is 5.73 Å². The fourth-order valence-corrected chi connectivity index (χ4v) is 5.76. The van der Waals surface area contributed by atoms with Gasteiger partial charge in [0.15, 0.2) is 18.2 Å². The smallest absolute Gasteiger partial charge is 0.255 e. The highest BCUT2D eigenvalue weighted by Crippen LogP contribution is 2.49. The summed E-state index contributed by atoms with van der Waals surface area (Å²) >= 11 is 7.00. The van der Waals surface area contributed by atoms with E-state index in [4.69, 9.17) is 10.5 Å². The van der Waals surface area contributed by atoms with Crippen LogP contribution in [0.5, 0.6) is 5.75 Å². The molecular formula is C21H20Br2N2O4. The minimum atomic E-state index is -0.599. The lowest BCUT2D eigenvalue weighted by molar-refractivity contribution is -0.120. The Kier molecular flexibility index (Phi) is 5.66. The Hall–Kier alpha value is -1.93. The maximum atomic E-state index is 13.0. The maximum absolute atomic E-state index is 13.0. The zero-order valence-corrected chi connectivity index (χ0v) is 18.8. The Labute approximate surface area is 185 Å². The summed E-state index contributed by atoms with van der Waals surface area (Å²) in [6.45, 7) is -0.294. The number of ketones is 2. The van der Waals surface area contributed by atoms with Crippen LogP contribution in [0.25, 0.3) is 0 Å². The summed E-state index contributed by atoms with van der Waals surface area (Å²) in [5.74, 6) is -0.595. The molecule has 0 fully saturated rings. The number of nitrogens with two attached hydrogens (primary N) is 1. The molecule has 1 aliphatic heterocycles. The molecule has 1 amide bonds. The van der Waals surface area contributed by atoms with E-state index in [0.29, 0.717) is 39.8 Å². The summed E-state index contributed by atoms with van der Waals surface area (Å²) in [7, 11) is 0. The number of nitrogens with one attached hydrogen (secondary N) is 1. The molecule has 0 spiro atoms. The first kappa shape index (κ1) is 20.3. The van der Waals surface area contributed by atoms with E-state index >= 15 is 0 Å². The SMILES string of the molecule is NC(=O)COc1c(Br)cc(Br)cc1C1C2=C(CCCC2=O)NC2=C1C(=O)CCC2. The van der Waals surface area contributed by atoms with Crippen LogP contribution in [0.1, 0.15) is 50.0 Å². The van der Waals surface area contributed by atoms with E-state index in [1.807, 2.05) is 6.07 Å². The number of primary amides is 1. The van der Waals surface area contributed by atoms with Crippen molar-refractivity contribution in [3.05, 3.63) is 49.2 Å². The van der Waals surface area contributed by atoms with E-state index in [9.17, 15) is 14.4 Å². The minimum absolute atomic E-state index is 0.0469. The average Bonchev–Trinajstić information content (AvgIpc) is 2.65. The summed E-state index contributed by atoms with van der Waals surface area (Å²) in [4.78, 5) is 37.3. The van der Waals surface area contributed by atoms with Gasteiger partial charge in [-0.3, -0.25) is 14.4 Å². The number of hydrogen-bond acceptors (Lipinski definition) is 5. The number of benzene rings is 1. The van der Waals surface area contributed by atoms with Gasteiger partial charge in [0, 0.05) is 51.3 Å². The van der Waals surface area contributed by atoms with Gasteiger partial charge >= 0.3 is 0 Å². The van der Waals surface area contributed by atoms with Crippen molar-refractivity contribution in [2.75, 3.05) is 6.61 Å². The number of allylic oxidation sites excluding steroid dienone is 4. The van der Waals surface area contributed by atoms with Gasteiger partial charge in [-0.25, -0.2) is 0 Å². The minimum Gasteiger partial charge on any atom is -0.482 e. The average molecular weight is 524 g/mol. The van der Waals surface area contributed by atoms with Crippen molar-refractivity contribution < 1.29 is 19.1 Å². The summed E-state index contributed by atoms with van der Waals surface area (Å²) in [5.41, 5.74) is 9.04. The number of hydrogen-bond donors (Lipinski definition) is 2. The quantitative estimate of drug-likeness (QED) is 0.625. The highest BCUT2D eigenvalue weighted by atomic mass is 79.9. The van der Waals surface area contributed by atoms with Gasteiger partial charge in [-0.1, -0.05) is 15.9 Å². The van der Waals surface area contributed by atoms with E-state index in [2.05, 4.69) is 37.2 Å². The molecule has 0 atom stereocenters. The zero-order chi connectivity index (χ0) is 20.7. The normalized spacial score (nSPS) is 19.7. The Morgan fingerprint density at radius 1 is 1.03 bits per heavy atom. The number of amides is 1. The molecule has 152 valence electrons. The molecule has 0 saturated carbocycles. The largest absolute Gasteiger partial charge is 0.482 e. The summed E-state index contributed by atoms with van der Waals surface area (Å²) in [6, 6.07) is 3.66. The van der Waals surface area contributed by atoms with Crippen LogP contribution in [0.4, 0.5) is 0 Å². The molecule has 0 bridgehead atoms. The van der Waals surface area contributed by atoms with E-state index in [0.717, 1.165) is 41.6 Å². The Morgan fingerprint density at radius 2 is 1.62 bits per heavy atom. The summed E-state index contributed by atoms with van der Waals surface area (Å²) < 4.78 is 7.14. The van der Waals surface area contributed by atoms with Crippen molar-refractivity contribution in [1.29, 1.82) is 0 Å². The molecule has 29 heavy (non-hydrogen) atoms. The second kappa shape index (κ2) is 8.07. The van der Waals surface area contributed by atoms with E-state index in [1.165, 1.54) is 0 Å². The molecule has 3 aliphatic rings. The predicted octanol–water partition coefficient (Wildman–Crippen LogP) is 3.78. The zero-order valence-electron chi connectivity index (χ0n) is 15.6. The molecule has 3 N–H and O–H groups in total. The molecule has 8 heteroatoms. The Morgan fingerprint density at radius 3 is 2.17 bits per heavy atom. The van der Waals surface area contributed by atoms with Gasteiger partial charge in [0.2, 0.25) is 0 Å². The molecule has 0 unspecified atom stereocenters. The third kappa shape index (κ3) is 3.80. The van der Waals surface area contributed by atoms with Crippen LogP contribution in [0.15, 0.2) is 43.6 Å². The van der Waals surface area contributed by atoms with Crippen molar-refractivity contribution in [3.63, 3.8) is 0 Å². The first-order valence-corrected chi connectivity index (χ1v) is 11.1. The molecule has 6 nitrogen and oxygen atoms in total. The molecule has 1 heterocycles. The number of ether oxygens (including phenoxy) is 1. The Balaban J connectivity index is 1.94.